The highest BCUT2D eigenvalue weighted by atomic mass is 16.5. The molecule has 0 spiro atoms. The molecule has 3 aromatic rings. The van der Waals surface area contributed by atoms with Gasteiger partial charge in [0.15, 0.2) is 0 Å². The molecule has 7 nitrogen and oxygen atoms in total. The van der Waals surface area contributed by atoms with Crippen LogP contribution in [0, 0.1) is 6.92 Å². The van der Waals surface area contributed by atoms with Crippen molar-refractivity contribution in [3.8, 4) is 5.69 Å². The van der Waals surface area contributed by atoms with Crippen LogP contribution in [0.3, 0.4) is 0 Å². The normalized spacial score (nSPS) is 11.7. The SMILES string of the molecule is Cc1c(C(=O)NC(C)c2cccc(C(=O)NO)c2)cnn1-c1ccccc1. The van der Waals surface area contributed by atoms with Crippen LogP contribution in [-0.2, 0) is 0 Å². The van der Waals surface area contributed by atoms with E-state index in [0.717, 1.165) is 16.9 Å². The summed E-state index contributed by atoms with van der Waals surface area (Å²) < 4.78 is 1.71. The Morgan fingerprint density at radius 3 is 2.52 bits per heavy atom. The molecule has 2 aromatic carbocycles. The third kappa shape index (κ3) is 3.88. The fraction of sp³-hybridized carbons (Fsp3) is 0.150. The topological polar surface area (TPSA) is 96.2 Å². The summed E-state index contributed by atoms with van der Waals surface area (Å²) in [6.07, 6.45) is 1.54. The summed E-state index contributed by atoms with van der Waals surface area (Å²) >= 11 is 0. The number of benzene rings is 2. The Morgan fingerprint density at radius 2 is 1.81 bits per heavy atom. The van der Waals surface area contributed by atoms with Crippen molar-refractivity contribution in [2.75, 3.05) is 0 Å². The Morgan fingerprint density at radius 1 is 1.07 bits per heavy atom. The zero-order valence-electron chi connectivity index (χ0n) is 15.0. The Balaban J connectivity index is 1.78. The molecule has 2 amide bonds. The van der Waals surface area contributed by atoms with Gasteiger partial charge in [-0.1, -0.05) is 30.3 Å². The van der Waals surface area contributed by atoms with Crippen molar-refractivity contribution in [2.24, 2.45) is 0 Å². The fourth-order valence-electron chi connectivity index (χ4n) is 2.83. The van der Waals surface area contributed by atoms with Crippen LogP contribution >= 0.6 is 0 Å². The maximum atomic E-state index is 12.7. The summed E-state index contributed by atoms with van der Waals surface area (Å²) in [4.78, 5) is 24.2. The first-order valence-corrected chi connectivity index (χ1v) is 8.46. The molecule has 0 aliphatic carbocycles. The predicted octanol–water partition coefficient (Wildman–Crippen LogP) is 2.79. The quantitative estimate of drug-likeness (QED) is 0.479. The predicted molar refractivity (Wildman–Crippen MR) is 99.9 cm³/mol. The number of carbonyl (C=O) groups excluding carboxylic acids is 2. The van der Waals surface area contributed by atoms with Gasteiger partial charge in [0, 0.05) is 5.56 Å². The highest BCUT2D eigenvalue weighted by Crippen LogP contribution is 2.18. The number of carbonyl (C=O) groups is 2. The number of rotatable bonds is 5. The maximum absolute atomic E-state index is 12.7. The standard InChI is InChI=1S/C20H20N4O3/c1-13(15-7-6-8-16(11-15)19(25)23-27)22-20(26)18-12-21-24(14(18)2)17-9-4-3-5-10-17/h3-13,27H,1-2H3,(H,22,26)(H,23,25). The third-order valence-electron chi connectivity index (χ3n) is 4.35. The van der Waals surface area contributed by atoms with Crippen molar-refractivity contribution in [1.82, 2.24) is 20.6 Å². The Labute approximate surface area is 156 Å². The van der Waals surface area contributed by atoms with Gasteiger partial charge in [-0.05, 0) is 43.7 Å². The minimum Gasteiger partial charge on any atom is -0.345 e. The first kappa shape index (κ1) is 18.3. The summed E-state index contributed by atoms with van der Waals surface area (Å²) in [6.45, 7) is 3.66. The average molecular weight is 364 g/mol. The van der Waals surface area contributed by atoms with Crippen molar-refractivity contribution in [2.45, 2.75) is 19.9 Å². The van der Waals surface area contributed by atoms with Crippen LogP contribution in [0.5, 0.6) is 0 Å². The van der Waals surface area contributed by atoms with Crippen LogP contribution in [0.1, 0.15) is 44.9 Å². The fourth-order valence-corrected chi connectivity index (χ4v) is 2.83. The van der Waals surface area contributed by atoms with Crippen molar-refractivity contribution >= 4 is 11.8 Å². The zero-order valence-corrected chi connectivity index (χ0v) is 15.0. The molecular weight excluding hydrogens is 344 g/mol. The second kappa shape index (κ2) is 7.84. The smallest absolute Gasteiger partial charge is 0.274 e. The molecule has 0 aliphatic rings. The first-order chi connectivity index (χ1) is 13.0. The average Bonchev–Trinajstić information content (AvgIpc) is 3.09. The number of para-hydroxylation sites is 1. The molecule has 0 aliphatic heterocycles. The highest BCUT2D eigenvalue weighted by molar-refractivity contribution is 5.95. The molecule has 7 heteroatoms. The van der Waals surface area contributed by atoms with Crippen LogP contribution in [0.25, 0.3) is 5.69 Å². The van der Waals surface area contributed by atoms with E-state index in [-0.39, 0.29) is 11.9 Å². The van der Waals surface area contributed by atoms with Gasteiger partial charge >= 0.3 is 0 Å². The molecule has 27 heavy (non-hydrogen) atoms. The molecule has 0 saturated heterocycles. The molecule has 1 atom stereocenters. The van der Waals surface area contributed by atoms with E-state index in [1.165, 1.54) is 0 Å². The van der Waals surface area contributed by atoms with Gasteiger partial charge in [0.2, 0.25) is 0 Å². The number of aromatic nitrogens is 2. The van der Waals surface area contributed by atoms with Crippen molar-refractivity contribution in [3.63, 3.8) is 0 Å². The summed E-state index contributed by atoms with van der Waals surface area (Å²) in [5, 5.41) is 16.0. The lowest BCUT2D eigenvalue weighted by Gasteiger charge is -2.15. The molecule has 0 bridgehead atoms. The monoisotopic (exact) mass is 364 g/mol. The van der Waals surface area contributed by atoms with Gasteiger partial charge in [-0.2, -0.15) is 5.10 Å². The second-order valence-corrected chi connectivity index (χ2v) is 6.15. The minimum atomic E-state index is -0.602. The number of hydroxylamine groups is 1. The molecule has 0 fully saturated rings. The number of amides is 2. The molecule has 0 radical (unpaired) electrons. The van der Waals surface area contributed by atoms with E-state index < -0.39 is 5.91 Å². The van der Waals surface area contributed by atoms with Gasteiger partial charge in [-0.25, -0.2) is 10.2 Å². The third-order valence-corrected chi connectivity index (χ3v) is 4.35. The molecule has 3 N–H and O–H groups in total. The van der Waals surface area contributed by atoms with E-state index in [0.29, 0.717) is 11.1 Å². The van der Waals surface area contributed by atoms with Gasteiger partial charge in [0.25, 0.3) is 11.8 Å². The number of nitrogens with one attached hydrogen (secondary N) is 2. The van der Waals surface area contributed by atoms with Crippen LogP contribution in [0.4, 0.5) is 0 Å². The van der Waals surface area contributed by atoms with Gasteiger partial charge in [0.05, 0.1) is 29.2 Å². The highest BCUT2D eigenvalue weighted by Gasteiger charge is 2.18. The van der Waals surface area contributed by atoms with Crippen LogP contribution in [0.15, 0.2) is 60.8 Å². The molecule has 3 rings (SSSR count). The molecule has 138 valence electrons. The van der Waals surface area contributed by atoms with Crippen LogP contribution < -0.4 is 10.8 Å². The molecule has 1 unspecified atom stereocenters. The second-order valence-electron chi connectivity index (χ2n) is 6.15. The number of hydrogen-bond donors (Lipinski definition) is 3. The van der Waals surface area contributed by atoms with E-state index in [9.17, 15) is 9.59 Å². The van der Waals surface area contributed by atoms with Gasteiger partial charge in [-0.15, -0.1) is 0 Å². The molecule has 0 saturated carbocycles. The van der Waals surface area contributed by atoms with Gasteiger partial charge < -0.3 is 5.32 Å². The largest absolute Gasteiger partial charge is 0.345 e. The van der Waals surface area contributed by atoms with Crippen molar-refractivity contribution in [1.29, 1.82) is 0 Å². The van der Waals surface area contributed by atoms with Crippen molar-refractivity contribution < 1.29 is 14.8 Å². The summed E-state index contributed by atoms with van der Waals surface area (Å²) in [5.74, 6) is -0.852. The first-order valence-electron chi connectivity index (χ1n) is 8.46. The summed E-state index contributed by atoms with van der Waals surface area (Å²) in [5.41, 5.74) is 4.76. The Hall–Kier alpha value is -3.45. The Bertz CT molecular complexity index is 966. The van der Waals surface area contributed by atoms with Crippen LogP contribution in [0.2, 0.25) is 0 Å². The van der Waals surface area contributed by atoms with Crippen LogP contribution in [-0.4, -0.2) is 26.8 Å². The summed E-state index contributed by atoms with van der Waals surface area (Å²) in [6, 6.07) is 16.0. The van der Waals surface area contributed by atoms with E-state index in [4.69, 9.17) is 5.21 Å². The van der Waals surface area contributed by atoms with Gasteiger partial charge in [0.1, 0.15) is 0 Å². The zero-order chi connectivity index (χ0) is 19.4. The van der Waals surface area contributed by atoms with Gasteiger partial charge in [-0.3, -0.25) is 14.8 Å². The molecule has 1 heterocycles. The number of hydrogen-bond acceptors (Lipinski definition) is 4. The lowest BCUT2D eigenvalue weighted by Crippen LogP contribution is -2.27. The minimum absolute atomic E-state index is 0.251. The van der Waals surface area contributed by atoms with Crippen molar-refractivity contribution in [3.05, 3.63) is 83.2 Å². The lowest BCUT2D eigenvalue weighted by molar-refractivity contribution is 0.0706. The Kier molecular flexibility index (Phi) is 5.33. The lowest BCUT2D eigenvalue weighted by atomic mass is 10.0. The molecular formula is C20H20N4O3. The molecule has 1 aromatic heterocycles. The summed E-state index contributed by atoms with van der Waals surface area (Å²) in [7, 11) is 0. The number of nitrogens with zero attached hydrogens (tertiary/aromatic N) is 2. The van der Waals surface area contributed by atoms with E-state index in [1.54, 1.807) is 40.6 Å². The van der Waals surface area contributed by atoms with E-state index >= 15 is 0 Å². The van der Waals surface area contributed by atoms with E-state index in [1.807, 2.05) is 44.2 Å². The maximum Gasteiger partial charge on any atom is 0.274 e. The van der Waals surface area contributed by atoms with E-state index in [2.05, 4.69) is 10.4 Å².